The van der Waals surface area contributed by atoms with Gasteiger partial charge in [0.2, 0.25) is 0 Å². The summed E-state index contributed by atoms with van der Waals surface area (Å²) in [4.78, 5) is 2.39. The van der Waals surface area contributed by atoms with Crippen molar-refractivity contribution in [3.8, 4) is 22.3 Å². The highest BCUT2D eigenvalue weighted by Crippen LogP contribution is 2.52. The van der Waals surface area contributed by atoms with Gasteiger partial charge < -0.3 is 13.7 Å². The zero-order valence-electron chi connectivity index (χ0n) is 28.9. The van der Waals surface area contributed by atoms with Crippen molar-refractivity contribution < 1.29 is 8.83 Å². The average Bonchev–Trinajstić information content (AvgIpc) is 3.80. The second-order valence-corrected chi connectivity index (χ2v) is 14.5. The molecule has 52 heavy (non-hydrogen) atoms. The lowest BCUT2D eigenvalue weighted by Crippen LogP contribution is -2.17. The number of rotatable bonds is 4. The van der Waals surface area contributed by atoms with Gasteiger partial charge >= 0.3 is 0 Å². The number of furan rings is 2. The molecule has 0 spiro atoms. The lowest BCUT2D eigenvalue weighted by Gasteiger charge is -2.30. The van der Waals surface area contributed by atoms with Crippen molar-refractivity contribution in [1.29, 1.82) is 0 Å². The van der Waals surface area contributed by atoms with Crippen LogP contribution in [0.15, 0.2) is 173 Å². The Morgan fingerprint density at radius 1 is 0.404 bits per heavy atom. The summed E-state index contributed by atoms with van der Waals surface area (Å²) in [5, 5.41) is 6.80. The van der Waals surface area contributed by atoms with Gasteiger partial charge in [-0.25, -0.2) is 0 Å². The van der Waals surface area contributed by atoms with Crippen LogP contribution < -0.4 is 4.90 Å². The van der Waals surface area contributed by atoms with Gasteiger partial charge in [-0.2, -0.15) is 0 Å². The number of fused-ring (bicyclic) bond motifs is 10. The van der Waals surface area contributed by atoms with Gasteiger partial charge in [0.1, 0.15) is 22.3 Å². The van der Waals surface area contributed by atoms with E-state index < -0.39 is 0 Å². The van der Waals surface area contributed by atoms with Crippen molar-refractivity contribution in [2.45, 2.75) is 19.3 Å². The molecular weight excluding hydrogens is 635 g/mol. The topological polar surface area (TPSA) is 29.5 Å². The first-order valence-electron chi connectivity index (χ1n) is 17.9. The van der Waals surface area contributed by atoms with Crippen LogP contribution in [0.2, 0.25) is 0 Å². The Bertz CT molecular complexity index is 3050. The lowest BCUT2D eigenvalue weighted by atomic mass is 9.82. The van der Waals surface area contributed by atoms with E-state index in [1.54, 1.807) is 0 Å². The van der Waals surface area contributed by atoms with Gasteiger partial charge in [0.15, 0.2) is 0 Å². The van der Waals surface area contributed by atoms with E-state index in [0.29, 0.717) is 0 Å². The Balaban J connectivity index is 1.21. The highest BCUT2D eigenvalue weighted by atomic mass is 16.3. The molecule has 0 N–H and O–H groups in total. The van der Waals surface area contributed by atoms with Crippen LogP contribution in [-0.4, -0.2) is 0 Å². The third-order valence-electron chi connectivity index (χ3n) is 11.2. The zero-order valence-corrected chi connectivity index (χ0v) is 28.9. The van der Waals surface area contributed by atoms with Crippen LogP contribution in [0, 0.1) is 0 Å². The van der Waals surface area contributed by atoms with Crippen LogP contribution in [0.25, 0.3) is 76.9 Å². The van der Waals surface area contributed by atoms with E-state index >= 15 is 0 Å². The highest BCUT2D eigenvalue weighted by Gasteiger charge is 2.36. The Hall–Kier alpha value is -6.58. The zero-order chi connectivity index (χ0) is 34.6. The second-order valence-electron chi connectivity index (χ2n) is 14.5. The van der Waals surface area contributed by atoms with Crippen molar-refractivity contribution in [3.05, 3.63) is 175 Å². The first kappa shape index (κ1) is 29.2. The molecule has 0 bridgehead atoms. The van der Waals surface area contributed by atoms with E-state index in [-0.39, 0.29) is 5.41 Å². The Labute approximate surface area is 301 Å². The van der Waals surface area contributed by atoms with E-state index in [4.69, 9.17) is 8.83 Å². The molecule has 8 aromatic carbocycles. The van der Waals surface area contributed by atoms with E-state index in [9.17, 15) is 0 Å². The highest BCUT2D eigenvalue weighted by molar-refractivity contribution is 6.13. The fourth-order valence-corrected chi connectivity index (χ4v) is 8.64. The standard InChI is InChI=1S/C49H33NO2/c1-49(2)42-18-10-8-16-35(42)36-22-20-33(26-43(36)49)50(34-21-23-38-37-17-9-11-19-45(37)51-47(38)27-34)44-29-48-41(28-39(44)30-12-4-3-5-13-30)40-24-31-14-6-7-15-32(31)25-46(40)52-48/h3-29H,1-2H3. The molecule has 0 atom stereocenters. The molecule has 0 radical (unpaired) electrons. The fourth-order valence-electron chi connectivity index (χ4n) is 8.64. The third kappa shape index (κ3) is 4.20. The van der Waals surface area contributed by atoms with Crippen LogP contribution >= 0.6 is 0 Å². The number of nitrogens with zero attached hydrogens (tertiary/aromatic N) is 1. The van der Waals surface area contributed by atoms with E-state index in [1.165, 1.54) is 33.0 Å². The summed E-state index contributed by atoms with van der Waals surface area (Å²) in [5.41, 5.74) is 14.0. The van der Waals surface area contributed by atoms with Crippen molar-refractivity contribution in [2.75, 3.05) is 4.90 Å². The minimum Gasteiger partial charge on any atom is -0.456 e. The maximum Gasteiger partial charge on any atom is 0.137 e. The number of para-hydroxylation sites is 1. The Kier molecular flexibility index (Phi) is 6.01. The minimum absolute atomic E-state index is 0.150. The van der Waals surface area contributed by atoms with Crippen molar-refractivity contribution in [3.63, 3.8) is 0 Å². The molecule has 0 aliphatic heterocycles. The SMILES string of the molecule is CC1(C)c2ccccc2-c2ccc(N(c3ccc4c(c3)oc3ccccc34)c3cc4oc5cc6ccccc6cc5c4cc3-c3ccccc3)cc21. The molecule has 0 saturated heterocycles. The summed E-state index contributed by atoms with van der Waals surface area (Å²) in [7, 11) is 0. The van der Waals surface area contributed by atoms with Crippen LogP contribution in [0.5, 0.6) is 0 Å². The van der Waals surface area contributed by atoms with E-state index in [0.717, 1.165) is 72.1 Å². The molecule has 10 aromatic rings. The molecule has 0 unspecified atom stereocenters. The van der Waals surface area contributed by atoms with E-state index in [1.807, 2.05) is 12.1 Å². The molecule has 3 nitrogen and oxygen atoms in total. The quantitative estimate of drug-likeness (QED) is 0.187. The smallest absolute Gasteiger partial charge is 0.137 e. The summed E-state index contributed by atoms with van der Waals surface area (Å²) in [6, 6.07) is 58.8. The molecule has 246 valence electrons. The van der Waals surface area contributed by atoms with Crippen molar-refractivity contribution in [1.82, 2.24) is 0 Å². The molecule has 0 amide bonds. The molecule has 11 rings (SSSR count). The lowest BCUT2D eigenvalue weighted by molar-refractivity contribution is 0.660. The van der Waals surface area contributed by atoms with Crippen LogP contribution in [0.1, 0.15) is 25.0 Å². The molecule has 2 heterocycles. The molecule has 2 aromatic heterocycles. The van der Waals surface area contributed by atoms with Crippen molar-refractivity contribution in [2.24, 2.45) is 0 Å². The summed E-state index contributed by atoms with van der Waals surface area (Å²) in [6.07, 6.45) is 0. The van der Waals surface area contributed by atoms with Crippen molar-refractivity contribution >= 4 is 71.7 Å². The van der Waals surface area contributed by atoms with Crippen LogP contribution in [0.3, 0.4) is 0 Å². The molecule has 0 saturated carbocycles. The van der Waals surface area contributed by atoms with Gasteiger partial charge in [0.05, 0.1) is 5.69 Å². The Morgan fingerprint density at radius 3 is 1.90 bits per heavy atom. The summed E-state index contributed by atoms with van der Waals surface area (Å²) in [6.45, 7) is 4.68. The largest absolute Gasteiger partial charge is 0.456 e. The molecule has 3 heteroatoms. The maximum atomic E-state index is 6.73. The number of hydrogen-bond donors (Lipinski definition) is 0. The third-order valence-corrected chi connectivity index (χ3v) is 11.2. The van der Waals surface area contributed by atoms with Gasteiger partial charge in [0.25, 0.3) is 0 Å². The van der Waals surface area contributed by atoms with E-state index in [2.05, 4.69) is 170 Å². The summed E-state index contributed by atoms with van der Waals surface area (Å²) >= 11 is 0. The van der Waals surface area contributed by atoms with Gasteiger partial charge in [-0.1, -0.05) is 117 Å². The summed E-state index contributed by atoms with van der Waals surface area (Å²) in [5.74, 6) is 0. The maximum absolute atomic E-state index is 6.73. The molecule has 0 fully saturated rings. The van der Waals surface area contributed by atoms with Gasteiger partial charge in [-0.05, 0) is 87.1 Å². The van der Waals surface area contributed by atoms with Gasteiger partial charge in [0, 0.05) is 56.0 Å². The molecular formula is C49H33NO2. The normalized spacial score (nSPS) is 13.3. The molecule has 1 aliphatic carbocycles. The first-order chi connectivity index (χ1) is 25.5. The Morgan fingerprint density at radius 2 is 1.02 bits per heavy atom. The summed E-state index contributed by atoms with van der Waals surface area (Å²) < 4.78 is 13.2. The molecule has 1 aliphatic rings. The first-order valence-corrected chi connectivity index (χ1v) is 17.9. The predicted octanol–water partition coefficient (Wildman–Crippen LogP) is 14.1. The fraction of sp³-hybridized carbons (Fsp3) is 0.0612. The van der Waals surface area contributed by atoms with Gasteiger partial charge in [-0.15, -0.1) is 0 Å². The van der Waals surface area contributed by atoms with Gasteiger partial charge in [-0.3, -0.25) is 0 Å². The number of benzene rings is 8. The second kappa shape index (κ2) is 10.7. The van der Waals surface area contributed by atoms with Crippen LogP contribution in [0.4, 0.5) is 17.1 Å². The average molecular weight is 668 g/mol. The predicted molar refractivity (Wildman–Crippen MR) is 216 cm³/mol. The minimum atomic E-state index is -0.150. The number of hydrogen-bond acceptors (Lipinski definition) is 3. The van der Waals surface area contributed by atoms with Crippen LogP contribution in [-0.2, 0) is 5.41 Å². The monoisotopic (exact) mass is 667 g/mol. The number of anilines is 3.